The van der Waals surface area contributed by atoms with E-state index in [9.17, 15) is 0 Å². The van der Waals surface area contributed by atoms with E-state index in [1.807, 2.05) is 11.8 Å². The minimum atomic E-state index is 0.408. The molecule has 0 aromatic heterocycles. The molecule has 1 aromatic rings. The number of nitrogens with one attached hydrogen (secondary N) is 1. The molecule has 0 saturated heterocycles. The summed E-state index contributed by atoms with van der Waals surface area (Å²) in [7, 11) is 0. The second kappa shape index (κ2) is 9.82. The second-order valence-corrected chi connectivity index (χ2v) is 6.84. The minimum absolute atomic E-state index is 0.408. The van der Waals surface area contributed by atoms with Crippen molar-refractivity contribution in [1.82, 2.24) is 10.2 Å². The highest BCUT2D eigenvalue weighted by Gasteiger charge is 2.08. The van der Waals surface area contributed by atoms with Gasteiger partial charge in [-0.1, -0.05) is 26.8 Å². The lowest BCUT2D eigenvalue weighted by Gasteiger charge is -2.18. The summed E-state index contributed by atoms with van der Waals surface area (Å²) >= 11 is 5.64. The average Bonchev–Trinajstić information content (AvgIpc) is 2.45. The molecule has 0 saturated carbocycles. The minimum Gasteiger partial charge on any atom is -0.310 e. The second-order valence-electron chi connectivity index (χ2n) is 4.84. The molecular weight excluding hydrogens is 332 g/mol. The van der Waals surface area contributed by atoms with Crippen molar-refractivity contribution in [3.05, 3.63) is 28.2 Å². The van der Waals surface area contributed by atoms with Gasteiger partial charge in [-0.2, -0.15) is 0 Å². The van der Waals surface area contributed by atoms with Crippen LogP contribution < -0.4 is 5.32 Å². The summed E-state index contributed by atoms with van der Waals surface area (Å²) in [4.78, 5) is 3.80. The van der Waals surface area contributed by atoms with Gasteiger partial charge >= 0.3 is 0 Å². The Hall–Kier alpha value is -0.0300. The van der Waals surface area contributed by atoms with Crippen LogP contribution in [0.25, 0.3) is 0 Å². The highest BCUT2D eigenvalue weighted by atomic mass is 79.9. The van der Waals surface area contributed by atoms with E-state index >= 15 is 0 Å². The summed E-state index contributed by atoms with van der Waals surface area (Å²) in [5.74, 6) is 1.14. The van der Waals surface area contributed by atoms with Crippen LogP contribution in [-0.4, -0.2) is 36.8 Å². The molecule has 0 spiro atoms. The summed E-state index contributed by atoms with van der Waals surface area (Å²) in [6, 6.07) is 7.12. The molecule has 0 bridgehead atoms. The van der Waals surface area contributed by atoms with E-state index in [0.717, 1.165) is 31.9 Å². The van der Waals surface area contributed by atoms with Gasteiger partial charge in [-0.05, 0) is 60.2 Å². The van der Waals surface area contributed by atoms with Crippen molar-refractivity contribution in [2.75, 3.05) is 31.9 Å². The monoisotopic (exact) mass is 358 g/mol. The Morgan fingerprint density at radius 3 is 2.50 bits per heavy atom. The maximum absolute atomic E-state index is 3.71. The highest BCUT2D eigenvalue weighted by Crippen LogP contribution is 2.30. The van der Waals surface area contributed by atoms with Crippen LogP contribution in [0.15, 0.2) is 27.6 Å². The normalized spacial score (nSPS) is 12.9. The van der Waals surface area contributed by atoms with Gasteiger partial charge in [0.2, 0.25) is 0 Å². The van der Waals surface area contributed by atoms with Gasteiger partial charge in [-0.3, -0.25) is 0 Å². The van der Waals surface area contributed by atoms with Gasteiger partial charge in [0, 0.05) is 27.7 Å². The van der Waals surface area contributed by atoms with Crippen LogP contribution in [0.5, 0.6) is 0 Å². The Bertz CT molecular complexity index is 394. The third-order valence-electron chi connectivity index (χ3n) is 3.53. The summed E-state index contributed by atoms with van der Waals surface area (Å²) in [5.41, 5.74) is 1.34. The smallest absolute Gasteiger partial charge is 0.0314 e. The molecule has 4 heteroatoms. The molecule has 0 radical (unpaired) electrons. The Kier molecular flexibility index (Phi) is 8.85. The number of hydrogen-bond donors (Lipinski definition) is 1. The van der Waals surface area contributed by atoms with Gasteiger partial charge in [0.25, 0.3) is 0 Å². The summed E-state index contributed by atoms with van der Waals surface area (Å²) in [6.07, 6.45) is 0. The van der Waals surface area contributed by atoms with E-state index in [-0.39, 0.29) is 0 Å². The maximum Gasteiger partial charge on any atom is 0.0314 e. The largest absolute Gasteiger partial charge is 0.310 e. The van der Waals surface area contributed by atoms with Crippen molar-refractivity contribution < 1.29 is 0 Å². The first-order chi connectivity index (χ1) is 9.62. The number of nitrogens with zero attached hydrogens (tertiary/aromatic N) is 1. The van der Waals surface area contributed by atoms with Crippen LogP contribution in [0.4, 0.5) is 0 Å². The number of benzene rings is 1. The zero-order valence-corrected chi connectivity index (χ0v) is 15.5. The SMILES string of the molecule is CCNC(C)c1ccc(SCCN(CC)CC)c(Br)c1. The molecule has 2 nitrogen and oxygen atoms in total. The predicted octanol–water partition coefficient (Wildman–Crippen LogP) is 4.55. The molecule has 0 amide bonds. The maximum atomic E-state index is 3.71. The number of thioether (sulfide) groups is 1. The van der Waals surface area contributed by atoms with Crippen molar-refractivity contribution in [3.8, 4) is 0 Å². The first-order valence-corrected chi connectivity index (χ1v) is 9.28. The molecular formula is C16H27BrN2S. The fourth-order valence-electron chi connectivity index (χ4n) is 2.15. The zero-order chi connectivity index (χ0) is 15.0. The molecule has 0 aliphatic heterocycles. The molecule has 1 aromatic carbocycles. The topological polar surface area (TPSA) is 15.3 Å². The van der Waals surface area contributed by atoms with Crippen LogP contribution >= 0.6 is 27.7 Å². The van der Waals surface area contributed by atoms with Gasteiger partial charge in [0.1, 0.15) is 0 Å². The van der Waals surface area contributed by atoms with E-state index in [0.29, 0.717) is 6.04 Å². The first kappa shape index (κ1) is 18.0. The van der Waals surface area contributed by atoms with Gasteiger partial charge in [0.05, 0.1) is 0 Å². The molecule has 0 heterocycles. The standard InChI is InChI=1S/C16H27BrN2S/c1-5-18-13(4)14-8-9-16(15(17)12-14)20-11-10-19(6-2)7-3/h8-9,12-13,18H,5-7,10-11H2,1-4H3. The number of hydrogen-bond acceptors (Lipinski definition) is 3. The Morgan fingerprint density at radius 1 is 1.25 bits per heavy atom. The third kappa shape index (κ3) is 5.76. The zero-order valence-electron chi connectivity index (χ0n) is 13.1. The summed E-state index contributed by atoms with van der Waals surface area (Å²) in [6.45, 7) is 13.2. The molecule has 114 valence electrons. The van der Waals surface area contributed by atoms with Crippen LogP contribution in [0.3, 0.4) is 0 Å². The average molecular weight is 359 g/mol. The molecule has 0 aliphatic carbocycles. The van der Waals surface area contributed by atoms with E-state index in [2.05, 4.69) is 72.0 Å². The summed E-state index contributed by atoms with van der Waals surface area (Å²) in [5, 5.41) is 3.45. The lowest BCUT2D eigenvalue weighted by molar-refractivity contribution is 0.324. The quantitative estimate of drug-likeness (QED) is 0.651. The Labute approximate surface area is 136 Å². The van der Waals surface area contributed by atoms with Crippen LogP contribution in [0.2, 0.25) is 0 Å². The molecule has 1 unspecified atom stereocenters. The third-order valence-corrected chi connectivity index (χ3v) is 5.50. The van der Waals surface area contributed by atoms with Crippen LogP contribution in [0.1, 0.15) is 39.3 Å². The van der Waals surface area contributed by atoms with Crippen molar-refractivity contribution >= 4 is 27.7 Å². The fourth-order valence-corrected chi connectivity index (χ4v) is 3.82. The first-order valence-electron chi connectivity index (χ1n) is 7.50. The molecule has 1 N–H and O–H groups in total. The van der Waals surface area contributed by atoms with Gasteiger partial charge in [-0.15, -0.1) is 11.8 Å². The highest BCUT2D eigenvalue weighted by molar-refractivity contribution is 9.10. The van der Waals surface area contributed by atoms with E-state index in [4.69, 9.17) is 0 Å². The summed E-state index contributed by atoms with van der Waals surface area (Å²) < 4.78 is 1.21. The van der Waals surface area contributed by atoms with Crippen LogP contribution in [0, 0.1) is 0 Å². The van der Waals surface area contributed by atoms with Crippen molar-refractivity contribution in [1.29, 1.82) is 0 Å². The lowest BCUT2D eigenvalue weighted by atomic mass is 10.1. The van der Waals surface area contributed by atoms with Gasteiger partial charge in [-0.25, -0.2) is 0 Å². The molecule has 1 rings (SSSR count). The van der Waals surface area contributed by atoms with Gasteiger partial charge in [0.15, 0.2) is 0 Å². The van der Waals surface area contributed by atoms with Crippen molar-refractivity contribution in [2.45, 2.75) is 38.6 Å². The Balaban J connectivity index is 2.55. The van der Waals surface area contributed by atoms with E-state index in [1.165, 1.54) is 14.9 Å². The molecule has 1 atom stereocenters. The van der Waals surface area contributed by atoms with Crippen molar-refractivity contribution in [2.24, 2.45) is 0 Å². The lowest BCUT2D eigenvalue weighted by Crippen LogP contribution is -2.25. The molecule has 0 fully saturated rings. The Morgan fingerprint density at radius 2 is 1.95 bits per heavy atom. The fraction of sp³-hybridized carbons (Fsp3) is 0.625. The predicted molar refractivity (Wildman–Crippen MR) is 94.7 cm³/mol. The van der Waals surface area contributed by atoms with Gasteiger partial charge < -0.3 is 10.2 Å². The van der Waals surface area contributed by atoms with Crippen molar-refractivity contribution in [3.63, 3.8) is 0 Å². The van der Waals surface area contributed by atoms with E-state index < -0.39 is 0 Å². The number of rotatable bonds is 9. The number of halogens is 1. The molecule has 0 aliphatic rings. The van der Waals surface area contributed by atoms with E-state index in [1.54, 1.807) is 0 Å². The molecule has 20 heavy (non-hydrogen) atoms. The van der Waals surface area contributed by atoms with Crippen LogP contribution in [-0.2, 0) is 0 Å².